The van der Waals surface area contributed by atoms with Crippen LogP contribution in [0.5, 0.6) is 0 Å². The van der Waals surface area contributed by atoms with Gasteiger partial charge in [-0.25, -0.2) is 9.97 Å². The summed E-state index contributed by atoms with van der Waals surface area (Å²) in [6.45, 7) is 0.663. The molecular formula is C21H16N6O. The minimum Gasteiger partial charge on any atom is -0.340 e. The van der Waals surface area contributed by atoms with E-state index in [2.05, 4.69) is 31.3 Å². The first-order chi connectivity index (χ1) is 13.8. The van der Waals surface area contributed by atoms with E-state index < -0.39 is 0 Å². The zero-order valence-electron chi connectivity index (χ0n) is 14.9. The Balaban J connectivity index is 1.39. The Morgan fingerprint density at radius 3 is 2.86 bits per heavy atom. The summed E-state index contributed by atoms with van der Waals surface area (Å²) in [7, 11) is 0. The van der Waals surface area contributed by atoms with Crippen molar-refractivity contribution in [2.45, 2.75) is 6.42 Å². The zero-order valence-corrected chi connectivity index (χ0v) is 14.9. The molecule has 7 nitrogen and oxygen atoms in total. The molecule has 1 aliphatic heterocycles. The largest absolute Gasteiger partial charge is 0.340 e. The van der Waals surface area contributed by atoms with Crippen molar-refractivity contribution < 1.29 is 4.79 Å². The normalized spacial score (nSPS) is 12.8. The third-order valence-corrected chi connectivity index (χ3v) is 4.73. The highest BCUT2D eigenvalue weighted by Crippen LogP contribution is 2.32. The molecule has 5 rings (SSSR count). The molecule has 0 fully saturated rings. The van der Waals surface area contributed by atoms with Gasteiger partial charge < -0.3 is 10.2 Å². The second-order valence-electron chi connectivity index (χ2n) is 6.51. The number of aromatic nitrogens is 4. The molecule has 4 heterocycles. The van der Waals surface area contributed by atoms with Crippen LogP contribution in [-0.4, -0.2) is 32.4 Å². The average molecular weight is 368 g/mol. The van der Waals surface area contributed by atoms with Gasteiger partial charge in [0.25, 0.3) is 5.91 Å². The smallest absolute Gasteiger partial charge is 0.259 e. The number of benzene rings is 1. The quantitative estimate of drug-likeness (QED) is 0.597. The molecule has 1 aromatic carbocycles. The van der Waals surface area contributed by atoms with Crippen molar-refractivity contribution in [1.29, 1.82) is 0 Å². The number of hydrogen-bond donors (Lipinski definition) is 1. The molecule has 136 valence electrons. The summed E-state index contributed by atoms with van der Waals surface area (Å²) >= 11 is 0. The van der Waals surface area contributed by atoms with E-state index in [0.29, 0.717) is 23.6 Å². The maximum atomic E-state index is 12.8. The van der Waals surface area contributed by atoms with Gasteiger partial charge in [-0.1, -0.05) is 0 Å². The van der Waals surface area contributed by atoms with Gasteiger partial charge in [0, 0.05) is 42.7 Å². The molecule has 0 aliphatic carbocycles. The lowest BCUT2D eigenvalue weighted by Gasteiger charge is -2.17. The van der Waals surface area contributed by atoms with Gasteiger partial charge in [0.1, 0.15) is 11.3 Å². The number of anilines is 3. The Kier molecular flexibility index (Phi) is 3.90. The lowest BCUT2D eigenvalue weighted by atomic mass is 10.1. The van der Waals surface area contributed by atoms with Gasteiger partial charge in [0.2, 0.25) is 0 Å². The maximum absolute atomic E-state index is 12.8. The van der Waals surface area contributed by atoms with Crippen LogP contribution in [0.1, 0.15) is 15.9 Å². The number of amides is 1. The molecule has 1 N–H and O–H groups in total. The summed E-state index contributed by atoms with van der Waals surface area (Å²) in [4.78, 5) is 31.6. The topological polar surface area (TPSA) is 83.9 Å². The van der Waals surface area contributed by atoms with Gasteiger partial charge in [-0.2, -0.15) is 0 Å². The summed E-state index contributed by atoms with van der Waals surface area (Å²) in [5.74, 6) is 0.677. The molecule has 0 radical (unpaired) electrons. The van der Waals surface area contributed by atoms with Crippen LogP contribution in [0.2, 0.25) is 0 Å². The van der Waals surface area contributed by atoms with Crippen LogP contribution in [0.15, 0.2) is 67.3 Å². The van der Waals surface area contributed by atoms with Crippen LogP contribution < -0.4 is 10.2 Å². The van der Waals surface area contributed by atoms with Crippen molar-refractivity contribution in [3.05, 3.63) is 78.4 Å². The fourth-order valence-electron chi connectivity index (χ4n) is 3.41. The van der Waals surface area contributed by atoms with Crippen LogP contribution in [0.4, 0.5) is 17.2 Å². The number of nitrogens with one attached hydrogen (secondary N) is 1. The first-order valence-electron chi connectivity index (χ1n) is 8.97. The molecular weight excluding hydrogens is 352 g/mol. The Morgan fingerprint density at radius 1 is 1.04 bits per heavy atom. The standard InChI is InChI=1S/C21H16N6O/c28-21(15-2-1-8-22-13-15)27-11-7-14-12-16(3-5-18(14)27)25-19-6-4-17-20(26-19)24-10-9-23-17/h1-6,8-10,12-13H,7,11H2,(H,24,25,26). The van der Waals surface area contributed by atoms with E-state index in [9.17, 15) is 4.79 Å². The van der Waals surface area contributed by atoms with E-state index in [4.69, 9.17) is 0 Å². The number of nitrogens with zero attached hydrogens (tertiary/aromatic N) is 5. The highest BCUT2D eigenvalue weighted by molar-refractivity contribution is 6.07. The number of fused-ring (bicyclic) bond motifs is 2. The van der Waals surface area contributed by atoms with E-state index in [0.717, 1.165) is 28.9 Å². The van der Waals surface area contributed by atoms with Crippen molar-refractivity contribution >= 4 is 34.3 Å². The number of pyridine rings is 2. The van der Waals surface area contributed by atoms with Gasteiger partial charge in [0.15, 0.2) is 5.65 Å². The average Bonchev–Trinajstić information content (AvgIpc) is 3.17. The maximum Gasteiger partial charge on any atom is 0.259 e. The van der Waals surface area contributed by atoms with Crippen molar-refractivity contribution in [2.75, 3.05) is 16.8 Å². The summed E-state index contributed by atoms with van der Waals surface area (Å²) in [5, 5.41) is 3.31. The third-order valence-electron chi connectivity index (χ3n) is 4.73. The van der Waals surface area contributed by atoms with Gasteiger partial charge >= 0.3 is 0 Å². The first kappa shape index (κ1) is 16.3. The van der Waals surface area contributed by atoms with Crippen LogP contribution >= 0.6 is 0 Å². The predicted octanol–water partition coefficient (Wildman–Crippen LogP) is 3.37. The molecule has 1 amide bonds. The molecule has 1 aliphatic rings. The molecule has 0 bridgehead atoms. The Hall–Kier alpha value is -3.87. The Morgan fingerprint density at radius 2 is 1.96 bits per heavy atom. The molecule has 0 spiro atoms. The van der Waals surface area contributed by atoms with Crippen molar-refractivity contribution in [3.63, 3.8) is 0 Å². The predicted molar refractivity (Wildman–Crippen MR) is 107 cm³/mol. The molecule has 7 heteroatoms. The molecule has 4 aromatic rings. The van der Waals surface area contributed by atoms with Crippen molar-refractivity contribution in [3.8, 4) is 0 Å². The summed E-state index contributed by atoms with van der Waals surface area (Å²) in [6.07, 6.45) is 7.36. The Labute approximate surface area is 161 Å². The molecule has 0 saturated heterocycles. The van der Waals surface area contributed by atoms with E-state index in [1.54, 1.807) is 41.8 Å². The molecule has 28 heavy (non-hydrogen) atoms. The number of rotatable bonds is 3. The van der Waals surface area contributed by atoms with E-state index in [1.807, 2.05) is 24.3 Å². The number of hydrogen-bond acceptors (Lipinski definition) is 6. The fourth-order valence-corrected chi connectivity index (χ4v) is 3.41. The SMILES string of the molecule is O=C(c1cccnc1)N1CCc2cc(Nc3ccc4nccnc4n3)ccc21. The minimum absolute atomic E-state index is 0.0256. The van der Waals surface area contributed by atoms with E-state index >= 15 is 0 Å². The van der Waals surface area contributed by atoms with Gasteiger partial charge in [-0.3, -0.25) is 14.8 Å². The summed E-state index contributed by atoms with van der Waals surface area (Å²) in [6, 6.07) is 13.3. The summed E-state index contributed by atoms with van der Waals surface area (Å²) < 4.78 is 0. The summed E-state index contributed by atoms with van der Waals surface area (Å²) in [5.41, 5.74) is 4.94. The fraction of sp³-hybridized carbons (Fsp3) is 0.0952. The molecule has 3 aromatic heterocycles. The zero-order chi connectivity index (χ0) is 18.9. The van der Waals surface area contributed by atoms with Crippen molar-refractivity contribution in [2.24, 2.45) is 0 Å². The van der Waals surface area contributed by atoms with Crippen LogP contribution in [0.3, 0.4) is 0 Å². The Bertz CT molecular complexity index is 1180. The number of carbonyl (C=O) groups excluding carboxylic acids is 1. The van der Waals surface area contributed by atoms with Crippen LogP contribution in [0.25, 0.3) is 11.2 Å². The van der Waals surface area contributed by atoms with E-state index in [1.165, 1.54) is 0 Å². The lowest BCUT2D eigenvalue weighted by Crippen LogP contribution is -2.28. The molecule has 0 unspecified atom stereocenters. The highest BCUT2D eigenvalue weighted by Gasteiger charge is 2.25. The highest BCUT2D eigenvalue weighted by atomic mass is 16.2. The monoisotopic (exact) mass is 368 g/mol. The molecule has 0 saturated carbocycles. The molecule has 0 atom stereocenters. The van der Waals surface area contributed by atoms with Gasteiger partial charge in [-0.15, -0.1) is 0 Å². The second kappa shape index (κ2) is 6.70. The second-order valence-corrected chi connectivity index (χ2v) is 6.51. The van der Waals surface area contributed by atoms with Gasteiger partial charge in [-0.05, 0) is 54.4 Å². The van der Waals surface area contributed by atoms with Crippen molar-refractivity contribution in [1.82, 2.24) is 19.9 Å². The van der Waals surface area contributed by atoms with Crippen LogP contribution in [-0.2, 0) is 6.42 Å². The van der Waals surface area contributed by atoms with E-state index in [-0.39, 0.29) is 5.91 Å². The third kappa shape index (κ3) is 2.92. The van der Waals surface area contributed by atoms with Crippen LogP contribution in [0, 0.1) is 0 Å². The minimum atomic E-state index is -0.0256. The van der Waals surface area contributed by atoms with Gasteiger partial charge in [0.05, 0.1) is 5.56 Å². The number of carbonyl (C=O) groups is 1. The first-order valence-corrected chi connectivity index (χ1v) is 8.97. The lowest BCUT2D eigenvalue weighted by molar-refractivity contribution is 0.0989.